The molecule has 1 aliphatic rings. The molecule has 1 aromatic rings. The number of carbonyl (C=O) groups excluding carboxylic acids is 1. The minimum absolute atomic E-state index is 0.0654. The second kappa shape index (κ2) is 5.43. The summed E-state index contributed by atoms with van der Waals surface area (Å²) in [5, 5.41) is 7.38. The Morgan fingerprint density at radius 1 is 1.44 bits per heavy atom. The lowest BCUT2D eigenvalue weighted by Gasteiger charge is -2.29. The van der Waals surface area contributed by atoms with Crippen LogP contribution in [0.4, 0.5) is 0 Å². The van der Waals surface area contributed by atoms with Crippen LogP contribution in [-0.4, -0.2) is 21.7 Å². The first kappa shape index (κ1) is 13.6. The maximum Gasteiger partial charge on any atom is 0.273 e. The van der Waals surface area contributed by atoms with Crippen LogP contribution in [0.15, 0.2) is 4.47 Å². The van der Waals surface area contributed by atoms with E-state index < -0.39 is 0 Å². The molecule has 1 amide bonds. The molecule has 1 fully saturated rings. The van der Waals surface area contributed by atoms with Crippen LogP contribution in [0.3, 0.4) is 0 Å². The fraction of sp³-hybridized carbons (Fsp3) is 0.692. The SMILES string of the molecule is Cc1c(Br)c(C(=O)N[C@H]2CCCC[C@H]2C)nn1C. The van der Waals surface area contributed by atoms with Crippen molar-refractivity contribution in [3.63, 3.8) is 0 Å². The molecule has 100 valence electrons. The fourth-order valence-corrected chi connectivity index (χ4v) is 3.01. The Bertz CT molecular complexity index is 455. The molecule has 0 aliphatic heterocycles. The van der Waals surface area contributed by atoms with Crippen molar-refractivity contribution in [1.82, 2.24) is 15.1 Å². The lowest BCUT2D eigenvalue weighted by Crippen LogP contribution is -2.41. The van der Waals surface area contributed by atoms with E-state index in [0.29, 0.717) is 17.7 Å². The molecular weight excluding hydrogens is 294 g/mol. The van der Waals surface area contributed by atoms with Gasteiger partial charge >= 0.3 is 0 Å². The third-order valence-electron chi connectivity index (χ3n) is 3.90. The summed E-state index contributed by atoms with van der Waals surface area (Å²) in [5.74, 6) is 0.496. The second-order valence-corrected chi connectivity index (χ2v) is 6.01. The van der Waals surface area contributed by atoms with E-state index in [1.54, 1.807) is 4.68 Å². The van der Waals surface area contributed by atoms with E-state index in [-0.39, 0.29) is 5.91 Å². The molecular formula is C13H20BrN3O. The number of aromatic nitrogens is 2. The van der Waals surface area contributed by atoms with Gasteiger partial charge in [-0.25, -0.2) is 0 Å². The van der Waals surface area contributed by atoms with Gasteiger partial charge in [0.25, 0.3) is 5.91 Å². The van der Waals surface area contributed by atoms with E-state index in [9.17, 15) is 4.79 Å². The quantitative estimate of drug-likeness (QED) is 0.912. The summed E-state index contributed by atoms with van der Waals surface area (Å²) in [4.78, 5) is 12.2. The Morgan fingerprint density at radius 2 is 2.11 bits per heavy atom. The maximum absolute atomic E-state index is 12.2. The molecule has 0 spiro atoms. The van der Waals surface area contributed by atoms with Gasteiger partial charge in [-0.1, -0.05) is 19.8 Å². The Hall–Kier alpha value is -0.840. The average molecular weight is 314 g/mol. The Balaban J connectivity index is 2.09. The van der Waals surface area contributed by atoms with Crippen molar-refractivity contribution < 1.29 is 4.79 Å². The number of amides is 1. The number of carbonyl (C=O) groups is 1. The summed E-state index contributed by atoms with van der Waals surface area (Å²) in [6.45, 7) is 4.15. The number of nitrogens with one attached hydrogen (secondary N) is 1. The van der Waals surface area contributed by atoms with Crippen molar-refractivity contribution in [2.45, 2.75) is 45.6 Å². The maximum atomic E-state index is 12.2. The molecule has 1 aliphatic carbocycles. The van der Waals surface area contributed by atoms with Crippen molar-refractivity contribution in [1.29, 1.82) is 0 Å². The predicted molar refractivity (Wildman–Crippen MR) is 74.5 cm³/mol. The minimum Gasteiger partial charge on any atom is -0.348 e. The average Bonchev–Trinajstić information content (AvgIpc) is 2.60. The van der Waals surface area contributed by atoms with Gasteiger partial charge in [-0.2, -0.15) is 5.10 Å². The van der Waals surface area contributed by atoms with Crippen molar-refractivity contribution in [2.24, 2.45) is 13.0 Å². The van der Waals surface area contributed by atoms with Gasteiger partial charge in [-0.3, -0.25) is 9.48 Å². The summed E-state index contributed by atoms with van der Waals surface area (Å²) in [6.07, 6.45) is 4.77. The van der Waals surface area contributed by atoms with Crippen molar-refractivity contribution in [3.05, 3.63) is 15.9 Å². The highest BCUT2D eigenvalue weighted by Gasteiger charge is 2.25. The van der Waals surface area contributed by atoms with Crippen LogP contribution in [0.2, 0.25) is 0 Å². The van der Waals surface area contributed by atoms with Crippen molar-refractivity contribution in [3.8, 4) is 0 Å². The molecule has 1 aromatic heterocycles. The monoisotopic (exact) mass is 313 g/mol. The first-order valence-electron chi connectivity index (χ1n) is 6.50. The molecule has 0 aromatic carbocycles. The third kappa shape index (κ3) is 2.60. The molecule has 2 atom stereocenters. The molecule has 1 heterocycles. The lowest BCUT2D eigenvalue weighted by molar-refractivity contribution is 0.0903. The van der Waals surface area contributed by atoms with Gasteiger partial charge in [0.15, 0.2) is 5.69 Å². The number of hydrogen-bond acceptors (Lipinski definition) is 2. The van der Waals surface area contributed by atoms with E-state index in [4.69, 9.17) is 0 Å². The van der Waals surface area contributed by atoms with E-state index >= 15 is 0 Å². The first-order chi connectivity index (χ1) is 8.50. The van der Waals surface area contributed by atoms with Crippen LogP contribution in [-0.2, 0) is 7.05 Å². The van der Waals surface area contributed by atoms with Crippen LogP contribution < -0.4 is 5.32 Å². The van der Waals surface area contributed by atoms with Gasteiger partial charge < -0.3 is 5.32 Å². The lowest BCUT2D eigenvalue weighted by atomic mass is 9.86. The van der Waals surface area contributed by atoms with Gasteiger partial charge in [0.05, 0.1) is 10.2 Å². The van der Waals surface area contributed by atoms with Gasteiger partial charge in [0.1, 0.15) is 0 Å². The molecule has 1 N–H and O–H groups in total. The molecule has 18 heavy (non-hydrogen) atoms. The summed E-state index contributed by atoms with van der Waals surface area (Å²) in [6, 6.07) is 0.292. The van der Waals surface area contributed by atoms with E-state index in [0.717, 1.165) is 16.6 Å². The molecule has 0 radical (unpaired) electrons. The molecule has 0 unspecified atom stereocenters. The zero-order valence-electron chi connectivity index (χ0n) is 11.2. The van der Waals surface area contributed by atoms with Crippen LogP contribution in [0.5, 0.6) is 0 Å². The van der Waals surface area contributed by atoms with E-state index in [1.807, 2.05) is 14.0 Å². The summed E-state index contributed by atoms with van der Waals surface area (Å²) in [7, 11) is 1.85. The number of hydrogen-bond donors (Lipinski definition) is 1. The summed E-state index contributed by atoms with van der Waals surface area (Å²) in [5.41, 5.74) is 1.46. The third-order valence-corrected chi connectivity index (χ3v) is 4.85. The van der Waals surface area contributed by atoms with Gasteiger partial charge in [-0.15, -0.1) is 0 Å². The molecule has 4 nitrogen and oxygen atoms in total. The molecule has 0 bridgehead atoms. The van der Waals surface area contributed by atoms with Crippen molar-refractivity contribution in [2.75, 3.05) is 0 Å². The Morgan fingerprint density at radius 3 is 2.67 bits per heavy atom. The topological polar surface area (TPSA) is 46.9 Å². The molecule has 1 saturated carbocycles. The smallest absolute Gasteiger partial charge is 0.273 e. The number of rotatable bonds is 2. The Kier molecular flexibility index (Phi) is 4.10. The predicted octanol–water partition coefficient (Wildman–Crippen LogP) is 2.80. The fourth-order valence-electron chi connectivity index (χ4n) is 2.49. The van der Waals surface area contributed by atoms with Gasteiger partial charge in [0.2, 0.25) is 0 Å². The van der Waals surface area contributed by atoms with Gasteiger partial charge in [-0.05, 0) is 41.6 Å². The summed E-state index contributed by atoms with van der Waals surface area (Å²) < 4.78 is 2.52. The number of aryl methyl sites for hydroxylation is 1. The molecule has 5 heteroatoms. The van der Waals surface area contributed by atoms with Crippen LogP contribution in [0.25, 0.3) is 0 Å². The first-order valence-corrected chi connectivity index (χ1v) is 7.30. The second-order valence-electron chi connectivity index (χ2n) is 5.21. The van der Waals surface area contributed by atoms with E-state index in [1.165, 1.54) is 19.3 Å². The van der Waals surface area contributed by atoms with Crippen molar-refractivity contribution >= 4 is 21.8 Å². The largest absolute Gasteiger partial charge is 0.348 e. The highest BCUT2D eigenvalue weighted by Crippen LogP contribution is 2.25. The standard InChI is InChI=1S/C13H20BrN3O/c1-8-6-4-5-7-10(8)15-13(18)12-11(14)9(2)17(3)16-12/h8,10H,4-7H2,1-3H3,(H,15,18)/t8-,10+/m1/s1. The van der Waals surface area contributed by atoms with Crippen LogP contribution in [0, 0.1) is 12.8 Å². The van der Waals surface area contributed by atoms with Crippen LogP contribution in [0.1, 0.15) is 48.8 Å². The number of halogens is 1. The zero-order chi connectivity index (χ0) is 13.3. The van der Waals surface area contributed by atoms with E-state index in [2.05, 4.69) is 33.3 Å². The Labute approximate surface area is 116 Å². The zero-order valence-corrected chi connectivity index (χ0v) is 12.7. The molecule has 0 saturated heterocycles. The highest BCUT2D eigenvalue weighted by atomic mass is 79.9. The van der Waals surface area contributed by atoms with Crippen LogP contribution >= 0.6 is 15.9 Å². The minimum atomic E-state index is -0.0654. The van der Waals surface area contributed by atoms with Gasteiger partial charge in [0, 0.05) is 13.1 Å². The summed E-state index contributed by atoms with van der Waals surface area (Å²) >= 11 is 3.44. The number of nitrogens with zero attached hydrogens (tertiary/aromatic N) is 2. The molecule has 2 rings (SSSR count). The highest BCUT2D eigenvalue weighted by molar-refractivity contribution is 9.10. The normalized spacial score (nSPS) is 24.0.